The topological polar surface area (TPSA) is 48.8 Å². The number of aliphatic imine (C=N–C) groups is 1. The Morgan fingerprint density at radius 2 is 2.08 bits per heavy atom. The Kier molecular flexibility index (Phi) is 7.86. The smallest absolute Gasteiger partial charge is 0.324 e. The number of nitrogens with zero attached hydrogens (tertiary/aromatic N) is 4. The molecule has 136 valence electrons. The van der Waals surface area contributed by atoms with E-state index >= 15 is 0 Å². The minimum absolute atomic E-state index is 0. The highest BCUT2D eigenvalue weighted by Gasteiger charge is 2.27. The van der Waals surface area contributed by atoms with Crippen LogP contribution in [0.15, 0.2) is 35.5 Å². The minimum atomic E-state index is -0.00627. The Labute approximate surface area is 164 Å². The van der Waals surface area contributed by atoms with Gasteiger partial charge in [-0.1, -0.05) is 13.0 Å². The van der Waals surface area contributed by atoms with Gasteiger partial charge >= 0.3 is 6.03 Å². The molecule has 0 atom stereocenters. The van der Waals surface area contributed by atoms with Crippen molar-refractivity contribution < 1.29 is 4.79 Å². The molecule has 1 aliphatic heterocycles. The first-order chi connectivity index (χ1) is 11.1. The Hall–Kier alpha value is -1.63. The predicted octanol–water partition coefficient (Wildman–Crippen LogP) is 3.89. The molecular formula is C17H22Cl2N4OS. The average Bonchev–Trinajstić information content (AvgIpc) is 2.91. The van der Waals surface area contributed by atoms with E-state index < -0.39 is 0 Å². The van der Waals surface area contributed by atoms with Crippen LogP contribution < -0.4 is 4.90 Å². The summed E-state index contributed by atoms with van der Waals surface area (Å²) in [6.07, 6.45) is 2.72. The summed E-state index contributed by atoms with van der Waals surface area (Å²) in [5.74, 6) is 0. The van der Waals surface area contributed by atoms with E-state index in [1.54, 1.807) is 36.5 Å². The quantitative estimate of drug-likeness (QED) is 0.767. The van der Waals surface area contributed by atoms with Crippen LogP contribution >= 0.6 is 36.2 Å². The molecule has 25 heavy (non-hydrogen) atoms. The van der Waals surface area contributed by atoms with E-state index in [1.165, 1.54) is 4.88 Å². The van der Waals surface area contributed by atoms with Crippen molar-refractivity contribution in [2.45, 2.75) is 13.3 Å². The average molecular weight is 401 g/mol. The fraction of sp³-hybridized carbons (Fsp3) is 0.353. The van der Waals surface area contributed by atoms with Crippen LogP contribution in [0, 0.1) is 0 Å². The molecule has 0 aliphatic carbocycles. The van der Waals surface area contributed by atoms with Crippen molar-refractivity contribution in [2.75, 3.05) is 32.1 Å². The second-order valence-corrected chi connectivity index (χ2v) is 6.67. The van der Waals surface area contributed by atoms with Crippen LogP contribution in [0.5, 0.6) is 0 Å². The maximum atomic E-state index is 12.5. The lowest BCUT2D eigenvalue weighted by molar-refractivity contribution is 0.224. The molecule has 0 aromatic carbocycles. The first-order valence-corrected chi connectivity index (χ1v) is 8.51. The molecule has 0 fully saturated rings. The fourth-order valence-electron chi connectivity index (χ4n) is 2.57. The SMILES string of the molecule is CCc1cc2c(s1)N(C(=O)N(C)C)CCN=C2c1ccccn1.Cl.Cl. The number of hydrogen-bond donors (Lipinski definition) is 0. The number of rotatable bonds is 2. The summed E-state index contributed by atoms with van der Waals surface area (Å²) < 4.78 is 0. The number of halogens is 2. The van der Waals surface area contributed by atoms with Crippen LogP contribution in [-0.2, 0) is 6.42 Å². The zero-order chi connectivity index (χ0) is 16.4. The summed E-state index contributed by atoms with van der Waals surface area (Å²) in [6, 6.07) is 7.97. The third-order valence-corrected chi connectivity index (χ3v) is 5.03. The van der Waals surface area contributed by atoms with E-state index in [2.05, 4.69) is 18.0 Å². The Bertz CT molecular complexity index is 746. The number of aryl methyl sites for hydroxylation is 1. The van der Waals surface area contributed by atoms with Gasteiger partial charge in [0.25, 0.3) is 0 Å². The number of carbonyl (C=O) groups is 1. The van der Waals surface area contributed by atoms with Gasteiger partial charge < -0.3 is 4.90 Å². The molecule has 5 nitrogen and oxygen atoms in total. The van der Waals surface area contributed by atoms with Crippen LogP contribution in [0.1, 0.15) is 23.1 Å². The normalized spacial score (nSPS) is 12.9. The Morgan fingerprint density at radius 3 is 2.68 bits per heavy atom. The minimum Gasteiger partial charge on any atom is -0.330 e. The van der Waals surface area contributed by atoms with Gasteiger partial charge in [-0.2, -0.15) is 0 Å². The van der Waals surface area contributed by atoms with Gasteiger partial charge in [-0.05, 0) is 24.6 Å². The highest BCUT2D eigenvalue weighted by Crippen LogP contribution is 2.35. The van der Waals surface area contributed by atoms with Gasteiger partial charge in [0.2, 0.25) is 0 Å². The third-order valence-electron chi connectivity index (χ3n) is 3.73. The number of urea groups is 1. The van der Waals surface area contributed by atoms with Crippen LogP contribution in [0.4, 0.5) is 9.80 Å². The van der Waals surface area contributed by atoms with Gasteiger partial charge in [0.15, 0.2) is 0 Å². The summed E-state index contributed by atoms with van der Waals surface area (Å²) in [5, 5.41) is 0.974. The van der Waals surface area contributed by atoms with E-state index in [9.17, 15) is 4.79 Å². The molecule has 0 spiro atoms. The zero-order valence-electron chi connectivity index (χ0n) is 14.4. The molecule has 0 unspecified atom stereocenters. The van der Waals surface area contributed by atoms with Gasteiger partial charge in [0.05, 0.1) is 18.0 Å². The molecule has 3 rings (SSSR count). The standard InChI is InChI=1S/C17H20N4OS.2ClH/c1-4-12-11-13-15(14-7-5-6-8-18-14)19-9-10-21(16(13)23-12)17(22)20(2)3;;/h5-8,11H,4,9-10H2,1-3H3;2*1H. The maximum Gasteiger partial charge on any atom is 0.324 e. The second kappa shape index (κ2) is 9.17. The molecule has 1 aliphatic rings. The van der Waals surface area contributed by atoms with Crippen molar-refractivity contribution in [3.8, 4) is 0 Å². The zero-order valence-corrected chi connectivity index (χ0v) is 16.9. The first-order valence-electron chi connectivity index (χ1n) is 7.69. The van der Waals surface area contributed by atoms with Gasteiger partial charge in [0, 0.05) is 37.3 Å². The van der Waals surface area contributed by atoms with Crippen LogP contribution in [-0.4, -0.2) is 48.8 Å². The highest BCUT2D eigenvalue weighted by molar-refractivity contribution is 7.16. The number of amides is 2. The van der Waals surface area contributed by atoms with Gasteiger partial charge in [-0.15, -0.1) is 36.2 Å². The highest BCUT2D eigenvalue weighted by atomic mass is 35.5. The van der Waals surface area contributed by atoms with E-state index in [1.807, 2.05) is 23.1 Å². The summed E-state index contributed by atoms with van der Waals surface area (Å²) in [7, 11) is 3.56. The predicted molar refractivity (Wildman–Crippen MR) is 109 cm³/mol. The molecule has 0 N–H and O–H groups in total. The third kappa shape index (κ3) is 4.32. The Morgan fingerprint density at radius 1 is 1.32 bits per heavy atom. The fourth-order valence-corrected chi connectivity index (χ4v) is 3.68. The molecule has 2 aromatic heterocycles. The van der Waals surface area contributed by atoms with E-state index in [-0.39, 0.29) is 30.8 Å². The van der Waals surface area contributed by atoms with Crippen molar-refractivity contribution in [2.24, 2.45) is 4.99 Å². The summed E-state index contributed by atoms with van der Waals surface area (Å²) in [4.78, 5) is 26.4. The van der Waals surface area contributed by atoms with Crippen LogP contribution in [0.3, 0.4) is 0 Å². The van der Waals surface area contributed by atoms with Crippen molar-refractivity contribution in [1.82, 2.24) is 9.88 Å². The summed E-state index contributed by atoms with van der Waals surface area (Å²) in [6.45, 7) is 3.29. The number of carbonyl (C=O) groups excluding carboxylic acids is 1. The lowest BCUT2D eigenvalue weighted by Crippen LogP contribution is -2.40. The number of fused-ring (bicyclic) bond motifs is 1. The van der Waals surface area contributed by atoms with Crippen LogP contribution in [0.25, 0.3) is 0 Å². The first kappa shape index (κ1) is 21.4. The van der Waals surface area contributed by atoms with E-state index in [0.29, 0.717) is 13.1 Å². The molecule has 8 heteroatoms. The van der Waals surface area contributed by atoms with Crippen molar-refractivity contribution in [1.29, 1.82) is 0 Å². The number of anilines is 1. The molecule has 3 heterocycles. The monoisotopic (exact) mass is 400 g/mol. The second-order valence-electron chi connectivity index (χ2n) is 5.56. The number of thiophene rings is 1. The largest absolute Gasteiger partial charge is 0.330 e. The van der Waals surface area contributed by atoms with Gasteiger partial charge in [-0.3, -0.25) is 14.9 Å². The maximum absolute atomic E-state index is 12.5. The van der Waals surface area contributed by atoms with Crippen molar-refractivity contribution >= 4 is 52.9 Å². The molecule has 0 saturated carbocycles. The summed E-state index contributed by atoms with van der Waals surface area (Å²) in [5.41, 5.74) is 2.75. The Balaban J connectivity index is 0.00000156. The molecule has 2 aromatic rings. The van der Waals surface area contributed by atoms with E-state index in [4.69, 9.17) is 4.99 Å². The van der Waals surface area contributed by atoms with E-state index in [0.717, 1.165) is 28.4 Å². The number of pyridine rings is 1. The number of aromatic nitrogens is 1. The van der Waals surface area contributed by atoms with Crippen molar-refractivity contribution in [3.05, 3.63) is 46.6 Å². The van der Waals surface area contributed by atoms with Crippen molar-refractivity contribution in [3.63, 3.8) is 0 Å². The summed E-state index contributed by atoms with van der Waals surface area (Å²) >= 11 is 1.67. The molecule has 0 radical (unpaired) electrons. The molecule has 0 bridgehead atoms. The molecule has 2 amide bonds. The number of hydrogen-bond acceptors (Lipinski definition) is 4. The lowest BCUT2D eigenvalue weighted by Gasteiger charge is -2.24. The lowest BCUT2D eigenvalue weighted by atomic mass is 10.1. The van der Waals surface area contributed by atoms with Gasteiger partial charge in [0.1, 0.15) is 5.00 Å². The van der Waals surface area contributed by atoms with Gasteiger partial charge in [-0.25, -0.2) is 4.79 Å². The molecule has 0 saturated heterocycles. The van der Waals surface area contributed by atoms with Crippen LogP contribution in [0.2, 0.25) is 0 Å². The molecular weight excluding hydrogens is 379 g/mol.